The van der Waals surface area contributed by atoms with Gasteiger partial charge in [-0.3, -0.25) is 0 Å². The number of hydrogen-bond donors (Lipinski definition) is 2. The summed E-state index contributed by atoms with van der Waals surface area (Å²) in [6, 6.07) is 14.6. The predicted molar refractivity (Wildman–Crippen MR) is 135 cm³/mol. The number of H-pyrrole nitrogens is 1. The largest absolute Gasteiger partial charge is 0.462 e. The quantitative estimate of drug-likeness (QED) is 0.183. The summed E-state index contributed by atoms with van der Waals surface area (Å²) < 4.78 is 36.4. The molecule has 3 rings (SSSR count). The number of aromatic nitrogens is 1. The fourth-order valence-corrected chi connectivity index (χ4v) is 4.44. The number of aromatic amines is 1. The van der Waals surface area contributed by atoms with Gasteiger partial charge in [-0.1, -0.05) is 24.9 Å². The van der Waals surface area contributed by atoms with E-state index in [1.165, 1.54) is 18.2 Å². The second kappa shape index (κ2) is 11.2. The highest BCUT2D eigenvalue weighted by molar-refractivity contribution is 7.90. The third-order valence-electron chi connectivity index (χ3n) is 4.82. The number of unbranched alkanes of at least 4 members (excludes halogenated alkanes) is 1. The van der Waals surface area contributed by atoms with Crippen LogP contribution in [0.15, 0.2) is 70.1 Å². The maximum atomic E-state index is 13.5. The molecular weight excluding hydrogens is 476 g/mol. The van der Waals surface area contributed by atoms with Crippen LogP contribution >= 0.6 is 11.6 Å². The fourth-order valence-electron chi connectivity index (χ4n) is 3.05. The van der Waals surface area contributed by atoms with Crippen LogP contribution in [0.5, 0.6) is 0 Å². The van der Waals surface area contributed by atoms with Crippen molar-refractivity contribution >= 4 is 44.8 Å². The van der Waals surface area contributed by atoms with E-state index in [-0.39, 0.29) is 28.6 Å². The lowest BCUT2D eigenvalue weighted by molar-refractivity contribution is 0.0499. The molecule has 10 heteroatoms. The van der Waals surface area contributed by atoms with E-state index in [2.05, 4.69) is 14.7 Å². The first-order valence-corrected chi connectivity index (χ1v) is 12.5. The maximum Gasteiger partial charge on any atom is 0.338 e. The topological polar surface area (TPSA) is 104 Å². The Balaban J connectivity index is 2.07. The summed E-state index contributed by atoms with van der Waals surface area (Å²) in [5.74, 6) is -0.373. The lowest BCUT2D eigenvalue weighted by Gasteiger charge is -2.16. The van der Waals surface area contributed by atoms with Crippen LogP contribution in [0, 0.1) is 0 Å². The summed E-state index contributed by atoms with van der Waals surface area (Å²) in [5.41, 5.74) is 1.55. The molecule has 0 saturated heterocycles. The van der Waals surface area contributed by atoms with E-state index < -0.39 is 16.0 Å². The van der Waals surface area contributed by atoms with Gasteiger partial charge in [0.05, 0.1) is 23.6 Å². The fraction of sp³-hybridized carbons (Fsp3) is 0.250. The van der Waals surface area contributed by atoms with Crippen molar-refractivity contribution in [1.82, 2.24) is 9.88 Å². The van der Waals surface area contributed by atoms with Crippen LogP contribution < -0.4 is 5.32 Å². The molecule has 3 aromatic rings. The molecule has 0 saturated carbocycles. The lowest BCUT2D eigenvalue weighted by atomic mass is 10.2. The highest BCUT2D eigenvalue weighted by Crippen LogP contribution is 2.29. The standard InChI is InChI=1S/C24H27ClN4O4S/c1-4-5-15-33-24(30)17-8-13-20(27-19-11-9-18(25)10-12-19)22(16-17)34(31,32)28-23(29(2)3)21-7-6-14-26-21/h6-14,16,26-27H,4-5,15H2,1-3H3. The van der Waals surface area contributed by atoms with Crippen molar-refractivity contribution in [2.75, 3.05) is 26.0 Å². The number of hydrogen-bond acceptors (Lipinski definition) is 5. The van der Waals surface area contributed by atoms with Crippen molar-refractivity contribution in [3.63, 3.8) is 0 Å². The summed E-state index contributed by atoms with van der Waals surface area (Å²) in [7, 11) is -0.845. The number of carbonyl (C=O) groups is 1. The van der Waals surface area contributed by atoms with Crippen molar-refractivity contribution in [2.45, 2.75) is 24.7 Å². The van der Waals surface area contributed by atoms with Gasteiger partial charge < -0.3 is 19.9 Å². The Morgan fingerprint density at radius 3 is 2.50 bits per heavy atom. The summed E-state index contributed by atoms with van der Waals surface area (Å²) in [5, 5.41) is 3.63. The normalized spacial score (nSPS) is 11.8. The third kappa shape index (κ3) is 6.39. The smallest absolute Gasteiger partial charge is 0.338 e. The lowest BCUT2D eigenvalue weighted by Crippen LogP contribution is -2.25. The first kappa shape index (κ1) is 25.3. The van der Waals surface area contributed by atoms with Gasteiger partial charge in [0.25, 0.3) is 10.0 Å². The monoisotopic (exact) mass is 502 g/mol. The molecule has 0 fully saturated rings. The minimum absolute atomic E-state index is 0.123. The highest BCUT2D eigenvalue weighted by atomic mass is 35.5. The minimum Gasteiger partial charge on any atom is -0.462 e. The Bertz CT molecular complexity index is 1250. The maximum absolute atomic E-state index is 13.5. The highest BCUT2D eigenvalue weighted by Gasteiger charge is 2.23. The molecule has 0 spiro atoms. The van der Waals surface area contributed by atoms with E-state index in [1.807, 2.05) is 6.92 Å². The number of sulfonamides is 1. The van der Waals surface area contributed by atoms with E-state index in [0.717, 1.165) is 12.8 Å². The number of nitrogens with one attached hydrogen (secondary N) is 2. The molecule has 0 atom stereocenters. The average molecular weight is 503 g/mol. The van der Waals surface area contributed by atoms with Gasteiger partial charge in [-0.15, -0.1) is 4.40 Å². The molecule has 0 amide bonds. The first-order chi connectivity index (χ1) is 16.2. The number of rotatable bonds is 9. The number of amidine groups is 1. The number of benzene rings is 2. The van der Waals surface area contributed by atoms with Crippen molar-refractivity contribution in [3.8, 4) is 0 Å². The van der Waals surface area contributed by atoms with Crippen LogP contribution in [-0.4, -0.2) is 50.8 Å². The average Bonchev–Trinajstić information content (AvgIpc) is 3.33. The van der Waals surface area contributed by atoms with E-state index in [4.69, 9.17) is 16.3 Å². The molecule has 34 heavy (non-hydrogen) atoms. The van der Waals surface area contributed by atoms with Crippen molar-refractivity contribution in [2.24, 2.45) is 4.40 Å². The molecule has 1 aromatic heterocycles. The van der Waals surface area contributed by atoms with Crippen molar-refractivity contribution in [3.05, 3.63) is 77.1 Å². The zero-order valence-electron chi connectivity index (χ0n) is 19.2. The summed E-state index contributed by atoms with van der Waals surface area (Å²) in [6.07, 6.45) is 3.28. The number of anilines is 2. The molecule has 0 aliphatic carbocycles. The Kier molecular flexibility index (Phi) is 8.36. The van der Waals surface area contributed by atoms with Crippen molar-refractivity contribution < 1.29 is 17.9 Å². The Labute approximate surface area is 204 Å². The number of esters is 1. The van der Waals surface area contributed by atoms with E-state index >= 15 is 0 Å². The Hall–Kier alpha value is -3.30. The molecule has 2 N–H and O–H groups in total. The molecule has 0 aliphatic rings. The number of halogens is 1. The zero-order valence-corrected chi connectivity index (χ0v) is 20.8. The van der Waals surface area contributed by atoms with E-state index in [9.17, 15) is 13.2 Å². The van der Waals surface area contributed by atoms with Crippen LogP contribution in [0.25, 0.3) is 0 Å². The third-order valence-corrected chi connectivity index (χ3v) is 6.38. The van der Waals surface area contributed by atoms with Gasteiger partial charge in [-0.2, -0.15) is 8.42 Å². The zero-order chi connectivity index (χ0) is 24.7. The van der Waals surface area contributed by atoms with Crippen LogP contribution in [0.4, 0.5) is 11.4 Å². The Morgan fingerprint density at radius 1 is 1.15 bits per heavy atom. The molecule has 0 bridgehead atoms. The molecule has 2 aromatic carbocycles. The predicted octanol–water partition coefficient (Wildman–Crippen LogP) is 5.07. The van der Waals surface area contributed by atoms with Crippen molar-refractivity contribution in [1.29, 1.82) is 0 Å². The van der Waals surface area contributed by atoms with Crippen LogP contribution in [0.3, 0.4) is 0 Å². The minimum atomic E-state index is -4.24. The first-order valence-electron chi connectivity index (χ1n) is 10.7. The van der Waals surface area contributed by atoms with Crippen LogP contribution in [0.2, 0.25) is 5.02 Å². The van der Waals surface area contributed by atoms with Crippen LogP contribution in [0.1, 0.15) is 35.8 Å². The van der Waals surface area contributed by atoms with Gasteiger partial charge in [0.2, 0.25) is 0 Å². The molecule has 0 aliphatic heterocycles. The van der Waals surface area contributed by atoms with Gasteiger partial charge in [0.15, 0.2) is 5.84 Å². The second-order valence-electron chi connectivity index (χ2n) is 7.70. The molecule has 0 radical (unpaired) electrons. The summed E-state index contributed by atoms with van der Waals surface area (Å²) >= 11 is 5.96. The summed E-state index contributed by atoms with van der Waals surface area (Å²) in [6.45, 7) is 2.25. The van der Waals surface area contributed by atoms with E-state index in [1.54, 1.807) is 61.6 Å². The molecular formula is C24H27ClN4O4S. The molecule has 180 valence electrons. The molecule has 1 heterocycles. The van der Waals surface area contributed by atoms with Gasteiger partial charge in [-0.05, 0) is 61.0 Å². The number of ether oxygens (including phenoxy) is 1. The van der Waals surface area contributed by atoms with Gasteiger partial charge >= 0.3 is 5.97 Å². The SMILES string of the molecule is CCCCOC(=O)c1ccc(Nc2ccc(Cl)cc2)c(S(=O)(=O)N=C(c2ccc[nH]2)N(C)C)c1. The second-order valence-corrected chi connectivity index (χ2v) is 9.71. The molecule has 0 unspecified atom stereocenters. The number of nitrogens with zero attached hydrogens (tertiary/aromatic N) is 2. The van der Waals surface area contributed by atoms with Gasteiger partial charge in [-0.25, -0.2) is 4.79 Å². The Morgan fingerprint density at radius 2 is 1.88 bits per heavy atom. The van der Waals surface area contributed by atoms with E-state index in [0.29, 0.717) is 16.4 Å². The number of carbonyl (C=O) groups excluding carboxylic acids is 1. The van der Waals surface area contributed by atoms with Gasteiger partial charge in [0.1, 0.15) is 4.90 Å². The molecule has 8 nitrogen and oxygen atoms in total. The van der Waals surface area contributed by atoms with Gasteiger partial charge in [0, 0.05) is 31.0 Å². The summed E-state index contributed by atoms with van der Waals surface area (Å²) in [4.78, 5) is 16.9. The van der Waals surface area contributed by atoms with Crippen LogP contribution in [-0.2, 0) is 14.8 Å².